The van der Waals surface area contributed by atoms with Gasteiger partial charge >= 0.3 is 5.97 Å². The van der Waals surface area contributed by atoms with Crippen LogP contribution in [0.15, 0.2) is 52.6 Å². The number of aromatic hydroxyl groups is 1. The lowest BCUT2D eigenvalue weighted by Crippen LogP contribution is -2.40. The summed E-state index contributed by atoms with van der Waals surface area (Å²) in [7, 11) is 0. The largest absolute Gasteiger partial charge is 0.508 e. The predicted octanol–water partition coefficient (Wildman–Crippen LogP) is 4.12. The number of amides is 2. The number of nitrogens with zero attached hydrogens (tertiary/aromatic N) is 1. The van der Waals surface area contributed by atoms with Crippen molar-refractivity contribution in [2.45, 2.75) is 51.4 Å². The van der Waals surface area contributed by atoms with Gasteiger partial charge in [0.15, 0.2) is 11.6 Å². The van der Waals surface area contributed by atoms with Gasteiger partial charge in [0.1, 0.15) is 5.75 Å². The summed E-state index contributed by atoms with van der Waals surface area (Å²) in [5.41, 5.74) is 2.41. The lowest BCUT2D eigenvalue weighted by molar-refractivity contribution is -0.141. The first-order chi connectivity index (χ1) is 18.1. The lowest BCUT2D eigenvalue weighted by Gasteiger charge is -2.42. The molecule has 8 nitrogen and oxygen atoms in total. The maximum atomic E-state index is 13.6. The summed E-state index contributed by atoms with van der Waals surface area (Å²) in [6, 6.07) is 4.51. The Kier molecular flexibility index (Phi) is 6.86. The molecule has 1 fully saturated rings. The quantitative estimate of drug-likeness (QED) is 0.231. The highest BCUT2D eigenvalue weighted by Gasteiger charge is 2.56. The third-order valence-corrected chi connectivity index (χ3v) is 8.55. The summed E-state index contributed by atoms with van der Waals surface area (Å²) < 4.78 is 0. The van der Waals surface area contributed by atoms with E-state index >= 15 is 0 Å². The number of hydrogen-bond acceptors (Lipinski definition) is 6. The minimum Gasteiger partial charge on any atom is -0.508 e. The molecule has 198 valence electrons. The number of carboxylic acids is 1. The average Bonchev–Trinajstić information content (AvgIpc) is 3.11. The molecule has 0 aromatic heterocycles. The monoisotopic (exact) mass is 537 g/mol. The van der Waals surface area contributed by atoms with Gasteiger partial charge in [-0.15, -0.1) is 0 Å². The van der Waals surface area contributed by atoms with E-state index in [-0.39, 0.29) is 53.5 Å². The van der Waals surface area contributed by atoms with Crippen molar-refractivity contribution < 1.29 is 34.2 Å². The number of carbonyl (C=O) groups is 5. The summed E-state index contributed by atoms with van der Waals surface area (Å²) >= 11 is 6.55. The lowest BCUT2D eigenvalue weighted by atomic mass is 9.59. The first-order valence-corrected chi connectivity index (χ1v) is 13.2. The summed E-state index contributed by atoms with van der Waals surface area (Å²) in [6.07, 6.45) is 5.41. The van der Waals surface area contributed by atoms with E-state index in [4.69, 9.17) is 16.7 Å². The van der Waals surface area contributed by atoms with Crippen molar-refractivity contribution >= 4 is 41.0 Å². The molecule has 38 heavy (non-hydrogen) atoms. The van der Waals surface area contributed by atoms with Crippen LogP contribution in [-0.2, 0) is 24.0 Å². The van der Waals surface area contributed by atoms with Gasteiger partial charge in [0.2, 0.25) is 11.8 Å². The van der Waals surface area contributed by atoms with Crippen molar-refractivity contribution in [2.75, 3.05) is 6.54 Å². The van der Waals surface area contributed by atoms with Gasteiger partial charge in [-0.2, -0.15) is 0 Å². The third kappa shape index (κ3) is 4.30. The Hall–Kier alpha value is -3.52. The molecular weight excluding hydrogens is 510 g/mol. The molecular formula is C29H28ClNO7. The van der Waals surface area contributed by atoms with E-state index in [9.17, 15) is 29.1 Å². The zero-order chi connectivity index (χ0) is 27.3. The Bertz CT molecular complexity index is 1370. The molecule has 5 rings (SSSR count). The second-order valence-corrected chi connectivity index (χ2v) is 10.9. The number of carboxylic acid groups (broad SMARTS) is 1. The highest BCUT2D eigenvalue weighted by atomic mass is 35.5. The maximum absolute atomic E-state index is 13.6. The van der Waals surface area contributed by atoms with Crippen LogP contribution in [-0.4, -0.2) is 51.0 Å². The molecule has 1 aliphatic heterocycles. The number of allylic oxidation sites excluding steroid dienone is 6. The third-order valence-electron chi connectivity index (χ3n) is 8.22. The summed E-state index contributed by atoms with van der Waals surface area (Å²) in [6.45, 7) is 1.83. The molecule has 4 unspecified atom stereocenters. The minimum atomic E-state index is -0.877. The molecule has 0 spiro atoms. The number of benzene rings is 1. The number of phenolic OH excluding ortho intramolecular Hbond substituents is 1. The molecule has 4 aliphatic rings. The molecule has 1 aromatic carbocycles. The van der Waals surface area contributed by atoms with Crippen molar-refractivity contribution in [1.82, 2.24) is 4.90 Å². The van der Waals surface area contributed by atoms with Gasteiger partial charge in [-0.05, 0) is 62.3 Å². The van der Waals surface area contributed by atoms with Gasteiger partial charge in [-0.3, -0.25) is 28.9 Å². The van der Waals surface area contributed by atoms with Crippen LogP contribution in [0, 0.1) is 17.8 Å². The molecule has 2 N–H and O–H groups in total. The maximum Gasteiger partial charge on any atom is 0.303 e. The second kappa shape index (κ2) is 9.98. The molecule has 0 radical (unpaired) electrons. The summed E-state index contributed by atoms with van der Waals surface area (Å²) in [5, 5.41) is 19.0. The van der Waals surface area contributed by atoms with E-state index in [1.807, 2.05) is 6.08 Å². The SMILES string of the molecule is CC1=CC(=O)C2=C(C1=O)C(c1ccc(O)cc1Cl)C1=CCC3C(=O)N(CCCCCC(=O)O)C(=O)C3C1C2. The number of likely N-dealkylation sites (tertiary alicyclic amines) is 1. The van der Waals surface area contributed by atoms with Crippen LogP contribution in [0.4, 0.5) is 0 Å². The highest BCUT2D eigenvalue weighted by Crippen LogP contribution is 2.56. The van der Waals surface area contributed by atoms with Crippen molar-refractivity contribution in [2.24, 2.45) is 17.8 Å². The topological polar surface area (TPSA) is 129 Å². The molecule has 0 saturated carbocycles. The molecule has 1 saturated heterocycles. The van der Waals surface area contributed by atoms with E-state index in [0.29, 0.717) is 48.0 Å². The zero-order valence-electron chi connectivity index (χ0n) is 20.9. The Morgan fingerprint density at radius 3 is 2.55 bits per heavy atom. The van der Waals surface area contributed by atoms with Crippen LogP contribution in [0.5, 0.6) is 5.75 Å². The zero-order valence-corrected chi connectivity index (χ0v) is 21.7. The van der Waals surface area contributed by atoms with E-state index in [2.05, 4.69) is 0 Å². The number of unbranched alkanes of at least 4 members (excludes halogenated alkanes) is 2. The number of imide groups is 1. The molecule has 9 heteroatoms. The van der Waals surface area contributed by atoms with E-state index in [0.717, 1.165) is 5.57 Å². The summed E-state index contributed by atoms with van der Waals surface area (Å²) in [4.78, 5) is 65.5. The number of carbonyl (C=O) groups excluding carboxylic acids is 4. The van der Waals surface area contributed by atoms with Gasteiger partial charge in [0, 0.05) is 40.6 Å². The number of phenols is 1. The molecule has 3 aliphatic carbocycles. The number of ketones is 2. The molecule has 1 aromatic rings. The van der Waals surface area contributed by atoms with Crippen molar-refractivity contribution in [3.8, 4) is 5.75 Å². The van der Waals surface area contributed by atoms with Crippen LogP contribution >= 0.6 is 11.6 Å². The van der Waals surface area contributed by atoms with Crippen LogP contribution in [0.1, 0.15) is 56.9 Å². The predicted molar refractivity (Wildman–Crippen MR) is 137 cm³/mol. The van der Waals surface area contributed by atoms with Crippen molar-refractivity contribution in [3.63, 3.8) is 0 Å². The number of hydrogen-bond donors (Lipinski definition) is 2. The fourth-order valence-electron chi connectivity index (χ4n) is 6.48. The van der Waals surface area contributed by atoms with Crippen LogP contribution < -0.4 is 0 Å². The normalized spacial score (nSPS) is 26.6. The molecule has 2 amide bonds. The van der Waals surface area contributed by atoms with E-state index in [1.54, 1.807) is 13.0 Å². The van der Waals surface area contributed by atoms with Gasteiger partial charge < -0.3 is 10.2 Å². The standard InChI is InChI=1S/C29H28ClNO7/c1-14-11-22(33)20-13-19-16(24(26(20)27(14)36)17-7-6-15(32)12-21(17)30)8-9-18-25(19)29(38)31(28(18)37)10-4-2-3-5-23(34)35/h6-8,11-12,18-19,24-25,32H,2-5,9-10,13H2,1H3,(H,34,35). The first-order valence-electron chi connectivity index (χ1n) is 12.9. The average molecular weight is 538 g/mol. The Morgan fingerprint density at radius 1 is 1.08 bits per heavy atom. The second-order valence-electron chi connectivity index (χ2n) is 10.5. The van der Waals surface area contributed by atoms with Gasteiger partial charge in [0.25, 0.3) is 0 Å². The Balaban J connectivity index is 1.50. The Morgan fingerprint density at radius 2 is 1.84 bits per heavy atom. The summed E-state index contributed by atoms with van der Waals surface area (Å²) in [5.74, 6) is -4.25. The Labute approximate surface area is 224 Å². The smallest absolute Gasteiger partial charge is 0.303 e. The number of aliphatic carboxylic acids is 1. The van der Waals surface area contributed by atoms with Crippen LogP contribution in [0.25, 0.3) is 0 Å². The van der Waals surface area contributed by atoms with E-state index in [1.165, 1.54) is 23.1 Å². The van der Waals surface area contributed by atoms with E-state index < -0.39 is 29.6 Å². The number of rotatable bonds is 7. The fraction of sp³-hybridized carbons (Fsp3) is 0.414. The van der Waals surface area contributed by atoms with Crippen LogP contribution in [0.2, 0.25) is 5.02 Å². The van der Waals surface area contributed by atoms with Gasteiger partial charge in [-0.25, -0.2) is 0 Å². The fourth-order valence-corrected chi connectivity index (χ4v) is 6.76. The van der Waals surface area contributed by atoms with Crippen molar-refractivity contribution in [1.29, 1.82) is 0 Å². The minimum absolute atomic E-state index is 0.0318. The first kappa shape index (κ1) is 26.1. The van der Waals surface area contributed by atoms with Crippen LogP contribution in [0.3, 0.4) is 0 Å². The van der Waals surface area contributed by atoms with Gasteiger partial charge in [0.05, 0.1) is 11.8 Å². The molecule has 0 bridgehead atoms. The number of fused-ring (bicyclic) bond motifs is 3. The highest BCUT2D eigenvalue weighted by molar-refractivity contribution is 6.32. The number of halogens is 1. The van der Waals surface area contributed by atoms with Crippen molar-refractivity contribution in [3.05, 3.63) is 63.2 Å². The molecule has 4 atom stereocenters. The van der Waals surface area contributed by atoms with Gasteiger partial charge in [-0.1, -0.05) is 35.7 Å². The number of Topliss-reactive ketones (excluding diaryl/α,β-unsaturated/α-hetero) is 1. The molecule has 1 heterocycles.